The van der Waals surface area contributed by atoms with Gasteiger partial charge >= 0.3 is 5.69 Å². The first-order chi connectivity index (χ1) is 9.59. The third-order valence-electron chi connectivity index (χ3n) is 2.79. The van der Waals surface area contributed by atoms with Crippen molar-refractivity contribution >= 4 is 11.5 Å². The van der Waals surface area contributed by atoms with E-state index in [1.54, 1.807) is 43.3 Å². The summed E-state index contributed by atoms with van der Waals surface area (Å²) in [6, 6.07) is 14.7. The maximum Gasteiger partial charge on any atom is 0.310 e. The molecular weight excluding hydrogens is 258 g/mol. The van der Waals surface area contributed by atoms with Crippen LogP contribution in [-0.4, -0.2) is 16.8 Å². The minimum absolute atomic E-state index is 0.0919. The van der Waals surface area contributed by atoms with Crippen LogP contribution in [0.2, 0.25) is 0 Å². The zero-order valence-corrected chi connectivity index (χ0v) is 10.9. The van der Waals surface area contributed by atoms with Crippen LogP contribution in [0.15, 0.2) is 54.6 Å². The second kappa shape index (κ2) is 5.97. The normalized spacial score (nSPS) is 11.7. The summed E-state index contributed by atoms with van der Waals surface area (Å²) in [4.78, 5) is 22.5. The Morgan fingerprint density at radius 2 is 1.70 bits per heavy atom. The summed E-state index contributed by atoms with van der Waals surface area (Å²) in [6.45, 7) is 1.58. The molecule has 0 saturated carbocycles. The summed E-state index contributed by atoms with van der Waals surface area (Å²) < 4.78 is 5.43. The van der Waals surface area contributed by atoms with Gasteiger partial charge in [-0.25, -0.2) is 0 Å². The standard InChI is InChI=1S/C15H13NO4/c1-11(15(17)12-7-3-2-4-8-12)20-14-10-6-5-9-13(14)16(18)19/h2-11H,1H3. The van der Waals surface area contributed by atoms with E-state index in [9.17, 15) is 14.9 Å². The molecule has 0 saturated heterocycles. The predicted octanol–water partition coefficient (Wildman–Crippen LogP) is 3.25. The first-order valence-corrected chi connectivity index (χ1v) is 6.09. The molecule has 102 valence electrons. The van der Waals surface area contributed by atoms with Gasteiger partial charge in [-0.1, -0.05) is 42.5 Å². The maximum absolute atomic E-state index is 12.1. The van der Waals surface area contributed by atoms with E-state index in [0.29, 0.717) is 5.56 Å². The van der Waals surface area contributed by atoms with Gasteiger partial charge in [-0.15, -0.1) is 0 Å². The van der Waals surface area contributed by atoms with E-state index in [1.165, 1.54) is 12.1 Å². The van der Waals surface area contributed by atoms with Crippen molar-refractivity contribution in [1.29, 1.82) is 0 Å². The first kappa shape index (κ1) is 13.7. The number of rotatable bonds is 5. The summed E-state index contributed by atoms with van der Waals surface area (Å²) in [5, 5.41) is 10.9. The van der Waals surface area contributed by atoms with Crippen LogP contribution >= 0.6 is 0 Å². The molecule has 0 aliphatic heterocycles. The molecule has 0 amide bonds. The number of ketones is 1. The smallest absolute Gasteiger partial charge is 0.310 e. The van der Waals surface area contributed by atoms with Crippen molar-refractivity contribution in [3.05, 3.63) is 70.3 Å². The zero-order chi connectivity index (χ0) is 14.5. The molecular formula is C15H13NO4. The second-order valence-corrected chi connectivity index (χ2v) is 4.22. The monoisotopic (exact) mass is 271 g/mol. The van der Waals surface area contributed by atoms with Gasteiger partial charge in [-0.05, 0) is 13.0 Å². The number of nitro groups is 1. The molecule has 20 heavy (non-hydrogen) atoms. The van der Waals surface area contributed by atoms with Gasteiger partial charge in [-0.2, -0.15) is 0 Å². The summed E-state index contributed by atoms with van der Waals surface area (Å²) in [7, 11) is 0. The second-order valence-electron chi connectivity index (χ2n) is 4.22. The minimum Gasteiger partial charge on any atom is -0.475 e. The van der Waals surface area contributed by atoms with Crippen LogP contribution in [0.25, 0.3) is 0 Å². The maximum atomic E-state index is 12.1. The molecule has 0 bridgehead atoms. The Bertz CT molecular complexity index is 625. The molecule has 0 fully saturated rings. The Hall–Kier alpha value is -2.69. The van der Waals surface area contributed by atoms with E-state index in [0.717, 1.165) is 0 Å². The summed E-state index contributed by atoms with van der Waals surface area (Å²) >= 11 is 0. The van der Waals surface area contributed by atoms with Crippen LogP contribution < -0.4 is 4.74 Å². The average Bonchev–Trinajstić information content (AvgIpc) is 2.47. The van der Waals surface area contributed by atoms with Gasteiger partial charge in [0, 0.05) is 11.6 Å². The highest BCUT2D eigenvalue weighted by atomic mass is 16.6. The number of ether oxygens (including phenoxy) is 1. The molecule has 2 aromatic carbocycles. The van der Waals surface area contributed by atoms with Crippen molar-refractivity contribution in [1.82, 2.24) is 0 Å². The third-order valence-corrected chi connectivity index (χ3v) is 2.79. The minimum atomic E-state index is -0.793. The van der Waals surface area contributed by atoms with E-state index in [4.69, 9.17) is 4.74 Å². The van der Waals surface area contributed by atoms with Crippen LogP contribution in [-0.2, 0) is 0 Å². The molecule has 5 nitrogen and oxygen atoms in total. The van der Waals surface area contributed by atoms with Crippen LogP contribution in [0.4, 0.5) is 5.69 Å². The topological polar surface area (TPSA) is 69.4 Å². The lowest BCUT2D eigenvalue weighted by atomic mass is 10.1. The van der Waals surface area contributed by atoms with E-state index < -0.39 is 11.0 Å². The number of hydrogen-bond donors (Lipinski definition) is 0. The molecule has 0 heterocycles. The fourth-order valence-corrected chi connectivity index (χ4v) is 1.79. The first-order valence-electron chi connectivity index (χ1n) is 6.09. The highest BCUT2D eigenvalue weighted by Crippen LogP contribution is 2.27. The van der Waals surface area contributed by atoms with Crippen molar-refractivity contribution < 1.29 is 14.5 Å². The molecule has 2 rings (SSSR count). The van der Waals surface area contributed by atoms with Gasteiger partial charge in [-0.3, -0.25) is 14.9 Å². The SMILES string of the molecule is CC(Oc1ccccc1[N+](=O)[O-])C(=O)c1ccccc1. The van der Waals surface area contributed by atoms with E-state index >= 15 is 0 Å². The van der Waals surface area contributed by atoms with Gasteiger partial charge in [0.1, 0.15) is 0 Å². The van der Waals surface area contributed by atoms with E-state index in [1.807, 2.05) is 6.07 Å². The van der Waals surface area contributed by atoms with Crippen LogP contribution in [0.3, 0.4) is 0 Å². The number of nitro benzene ring substituents is 1. The van der Waals surface area contributed by atoms with Gasteiger partial charge in [0.15, 0.2) is 11.9 Å². The van der Waals surface area contributed by atoms with Gasteiger partial charge < -0.3 is 4.74 Å². The van der Waals surface area contributed by atoms with E-state index in [2.05, 4.69) is 0 Å². The van der Waals surface area contributed by atoms with Crippen molar-refractivity contribution in [2.75, 3.05) is 0 Å². The molecule has 2 aromatic rings. The molecule has 0 aliphatic carbocycles. The zero-order valence-electron chi connectivity index (χ0n) is 10.9. The molecule has 1 atom stereocenters. The summed E-state index contributed by atoms with van der Waals surface area (Å²) in [5.74, 6) is -0.127. The fourth-order valence-electron chi connectivity index (χ4n) is 1.79. The Morgan fingerprint density at radius 1 is 1.10 bits per heavy atom. The van der Waals surface area contributed by atoms with Crippen LogP contribution in [0.1, 0.15) is 17.3 Å². The molecule has 0 N–H and O–H groups in total. The third kappa shape index (κ3) is 3.00. The molecule has 5 heteroatoms. The number of carbonyl (C=O) groups is 1. The van der Waals surface area contributed by atoms with Crippen molar-refractivity contribution in [2.24, 2.45) is 0 Å². The number of para-hydroxylation sites is 2. The van der Waals surface area contributed by atoms with Gasteiger partial charge in [0.2, 0.25) is 5.78 Å². The Balaban J connectivity index is 2.18. The van der Waals surface area contributed by atoms with Gasteiger partial charge in [0.25, 0.3) is 0 Å². The Kier molecular flexibility index (Phi) is 4.10. The van der Waals surface area contributed by atoms with E-state index in [-0.39, 0.29) is 17.2 Å². The lowest BCUT2D eigenvalue weighted by molar-refractivity contribution is -0.386. The molecule has 0 aromatic heterocycles. The summed E-state index contributed by atoms with van der Waals surface area (Å²) in [6.07, 6.45) is -0.793. The van der Waals surface area contributed by atoms with Crippen LogP contribution in [0.5, 0.6) is 5.75 Å². The predicted molar refractivity (Wildman–Crippen MR) is 74.0 cm³/mol. The number of nitrogens with zero attached hydrogens (tertiary/aromatic N) is 1. The van der Waals surface area contributed by atoms with Crippen molar-refractivity contribution in [3.63, 3.8) is 0 Å². The Morgan fingerprint density at radius 3 is 2.35 bits per heavy atom. The summed E-state index contributed by atoms with van der Waals surface area (Å²) in [5.41, 5.74) is 0.360. The Labute approximate surface area is 116 Å². The molecule has 0 spiro atoms. The fraction of sp³-hybridized carbons (Fsp3) is 0.133. The average molecular weight is 271 g/mol. The lowest BCUT2D eigenvalue weighted by Gasteiger charge is -2.13. The number of hydrogen-bond acceptors (Lipinski definition) is 4. The van der Waals surface area contributed by atoms with Gasteiger partial charge in [0.05, 0.1) is 4.92 Å². The number of benzene rings is 2. The lowest BCUT2D eigenvalue weighted by Crippen LogP contribution is -2.24. The molecule has 0 radical (unpaired) electrons. The number of Topliss-reactive ketones (excluding diaryl/α,β-unsaturated/α-hetero) is 1. The highest BCUT2D eigenvalue weighted by Gasteiger charge is 2.21. The quantitative estimate of drug-likeness (QED) is 0.475. The van der Waals surface area contributed by atoms with Crippen molar-refractivity contribution in [3.8, 4) is 5.75 Å². The largest absolute Gasteiger partial charge is 0.475 e. The van der Waals surface area contributed by atoms with Crippen LogP contribution in [0, 0.1) is 10.1 Å². The molecule has 0 aliphatic rings. The number of carbonyl (C=O) groups excluding carboxylic acids is 1. The van der Waals surface area contributed by atoms with Crippen molar-refractivity contribution in [2.45, 2.75) is 13.0 Å². The molecule has 1 unspecified atom stereocenters. The highest BCUT2D eigenvalue weighted by molar-refractivity contribution is 5.99.